The molecule has 1 heterocycles. The molecule has 1 aliphatic carbocycles. The lowest BCUT2D eigenvalue weighted by molar-refractivity contribution is -0.140. The zero-order valence-electron chi connectivity index (χ0n) is 17.9. The number of para-hydroxylation sites is 1. The highest BCUT2D eigenvalue weighted by Gasteiger charge is 2.40. The van der Waals surface area contributed by atoms with Crippen LogP contribution in [-0.2, 0) is 20.9 Å². The second-order valence-electron chi connectivity index (χ2n) is 7.80. The largest absolute Gasteiger partial charge is 0.494 e. The van der Waals surface area contributed by atoms with Crippen LogP contribution in [0.4, 0.5) is 0 Å². The van der Waals surface area contributed by atoms with Crippen LogP contribution in [0.25, 0.3) is 0 Å². The Bertz CT molecular complexity index is 1050. The molecule has 1 unspecified atom stereocenters. The Morgan fingerprint density at radius 2 is 1.81 bits per heavy atom. The fourth-order valence-electron chi connectivity index (χ4n) is 4.37. The first-order valence-corrected chi connectivity index (χ1v) is 10.8. The maximum atomic E-state index is 13.3. The average Bonchev–Trinajstić information content (AvgIpc) is 2.78. The SMILES string of the molecule is CCOc1ccccc1C1C(C(=O)OCc2ccccc2)=C(C)NC2=C1C(=O)CCC2. The molecule has 2 aromatic carbocycles. The number of carbonyl (C=O) groups excluding carboxylic acids is 2. The highest BCUT2D eigenvalue weighted by molar-refractivity contribution is 6.04. The molecule has 0 bridgehead atoms. The Labute approximate surface area is 182 Å². The van der Waals surface area contributed by atoms with Crippen molar-refractivity contribution in [1.29, 1.82) is 0 Å². The summed E-state index contributed by atoms with van der Waals surface area (Å²) >= 11 is 0. The van der Waals surface area contributed by atoms with Gasteiger partial charge in [-0.1, -0.05) is 48.5 Å². The number of esters is 1. The van der Waals surface area contributed by atoms with Crippen LogP contribution in [0.15, 0.2) is 77.1 Å². The minimum absolute atomic E-state index is 0.0749. The summed E-state index contributed by atoms with van der Waals surface area (Å²) in [5, 5.41) is 3.33. The second-order valence-corrected chi connectivity index (χ2v) is 7.80. The highest BCUT2D eigenvalue weighted by Crippen LogP contribution is 2.45. The van der Waals surface area contributed by atoms with E-state index in [4.69, 9.17) is 9.47 Å². The molecule has 1 aliphatic heterocycles. The van der Waals surface area contributed by atoms with Gasteiger partial charge in [-0.15, -0.1) is 0 Å². The van der Waals surface area contributed by atoms with Gasteiger partial charge in [0.1, 0.15) is 12.4 Å². The number of ether oxygens (including phenoxy) is 2. The van der Waals surface area contributed by atoms with Crippen LogP contribution in [0.2, 0.25) is 0 Å². The van der Waals surface area contributed by atoms with Crippen LogP contribution in [0.3, 0.4) is 0 Å². The van der Waals surface area contributed by atoms with Crippen LogP contribution >= 0.6 is 0 Å². The van der Waals surface area contributed by atoms with Crippen molar-refractivity contribution < 1.29 is 19.1 Å². The molecule has 0 saturated heterocycles. The molecule has 0 aromatic heterocycles. The third-order valence-corrected chi connectivity index (χ3v) is 5.74. The number of benzene rings is 2. The number of allylic oxidation sites excluding steroid dienone is 3. The molecule has 2 aromatic rings. The summed E-state index contributed by atoms with van der Waals surface area (Å²) < 4.78 is 11.6. The third kappa shape index (κ3) is 4.26. The Kier molecular flexibility index (Phi) is 6.21. The number of Topliss-reactive ketones (excluding diaryl/α,β-unsaturated/α-hetero) is 1. The Balaban J connectivity index is 1.75. The standard InChI is InChI=1S/C26H27NO4/c1-3-30-22-15-8-7-12-19(22)24-23(26(29)31-16-18-10-5-4-6-11-18)17(2)27-20-13-9-14-21(28)25(20)24/h4-8,10-12,15,24,27H,3,9,13-14,16H2,1-2H3. The van der Waals surface area contributed by atoms with Crippen molar-refractivity contribution in [3.63, 3.8) is 0 Å². The van der Waals surface area contributed by atoms with Gasteiger partial charge in [-0.2, -0.15) is 0 Å². The molecule has 0 amide bonds. The summed E-state index contributed by atoms with van der Waals surface area (Å²) in [4.78, 5) is 26.3. The quantitative estimate of drug-likeness (QED) is 0.684. The van der Waals surface area contributed by atoms with Crippen LogP contribution in [0.1, 0.15) is 50.2 Å². The molecule has 2 aliphatic rings. The van der Waals surface area contributed by atoms with Crippen molar-refractivity contribution in [2.24, 2.45) is 0 Å². The van der Waals surface area contributed by atoms with Gasteiger partial charge in [0, 0.05) is 29.0 Å². The van der Waals surface area contributed by atoms with Crippen LogP contribution < -0.4 is 10.1 Å². The van der Waals surface area contributed by atoms with Gasteiger partial charge in [0.05, 0.1) is 18.1 Å². The monoisotopic (exact) mass is 417 g/mol. The van der Waals surface area contributed by atoms with Crippen molar-refractivity contribution in [2.75, 3.05) is 6.61 Å². The van der Waals surface area contributed by atoms with E-state index in [0.29, 0.717) is 29.9 Å². The molecule has 0 radical (unpaired) electrons. The molecule has 5 heteroatoms. The van der Waals surface area contributed by atoms with E-state index in [2.05, 4.69) is 5.32 Å². The number of ketones is 1. The van der Waals surface area contributed by atoms with Crippen molar-refractivity contribution in [2.45, 2.75) is 45.6 Å². The van der Waals surface area contributed by atoms with Gasteiger partial charge in [0.2, 0.25) is 0 Å². The fourth-order valence-corrected chi connectivity index (χ4v) is 4.37. The van der Waals surface area contributed by atoms with E-state index in [9.17, 15) is 9.59 Å². The number of dihydropyridines is 1. The normalized spacial score (nSPS) is 18.4. The summed E-state index contributed by atoms with van der Waals surface area (Å²) in [5.74, 6) is -0.167. The molecule has 4 rings (SSSR count). The molecular weight excluding hydrogens is 390 g/mol. The summed E-state index contributed by atoms with van der Waals surface area (Å²) in [6, 6.07) is 17.2. The molecule has 31 heavy (non-hydrogen) atoms. The van der Waals surface area contributed by atoms with Crippen molar-refractivity contribution in [1.82, 2.24) is 5.32 Å². The smallest absolute Gasteiger partial charge is 0.337 e. The maximum absolute atomic E-state index is 13.3. The Morgan fingerprint density at radius 1 is 1.06 bits per heavy atom. The molecular formula is C26H27NO4. The molecule has 5 nitrogen and oxygen atoms in total. The molecule has 160 valence electrons. The van der Waals surface area contributed by atoms with E-state index in [1.165, 1.54) is 0 Å². The average molecular weight is 418 g/mol. The van der Waals surface area contributed by atoms with E-state index in [1.807, 2.05) is 68.4 Å². The van der Waals surface area contributed by atoms with Crippen LogP contribution in [0, 0.1) is 0 Å². The lowest BCUT2D eigenvalue weighted by Gasteiger charge is -2.34. The third-order valence-electron chi connectivity index (χ3n) is 5.74. The summed E-state index contributed by atoms with van der Waals surface area (Å²) in [7, 11) is 0. The zero-order valence-corrected chi connectivity index (χ0v) is 17.9. The molecule has 0 saturated carbocycles. The Morgan fingerprint density at radius 3 is 2.58 bits per heavy atom. The minimum atomic E-state index is -0.505. The summed E-state index contributed by atoms with van der Waals surface area (Å²) in [6.07, 6.45) is 2.09. The summed E-state index contributed by atoms with van der Waals surface area (Å²) in [6.45, 7) is 4.47. The van der Waals surface area contributed by atoms with Gasteiger partial charge in [-0.3, -0.25) is 4.79 Å². The Hall–Kier alpha value is -3.34. The van der Waals surface area contributed by atoms with Gasteiger partial charge in [-0.25, -0.2) is 4.79 Å². The maximum Gasteiger partial charge on any atom is 0.337 e. The molecule has 0 spiro atoms. The lowest BCUT2D eigenvalue weighted by atomic mass is 9.75. The predicted octanol–water partition coefficient (Wildman–Crippen LogP) is 4.80. The number of rotatable bonds is 6. The second kappa shape index (κ2) is 9.21. The van der Waals surface area contributed by atoms with Gasteiger partial charge in [0.15, 0.2) is 5.78 Å². The van der Waals surface area contributed by atoms with E-state index in [0.717, 1.165) is 35.4 Å². The number of hydrogen-bond donors (Lipinski definition) is 1. The van der Waals surface area contributed by atoms with Gasteiger partial charge in [-0.05, 0) is 38.3 Å². The number of nitrogens with one attached hydrogen (secondary N) is 1. The number of carbonyl (C=O) groups is 2. The summed E-state index contributed by atoms with van der Waals surface area (Å²) in [5.41, 5.74) is 4.50. The van der Waals surface area contributed by atoms with Crippen LogP contribution in [-0.4, -0.2) is 18.4 Å². The lowest BCUT2D eigenvalue weighted by Crippen LogP contribution is -2.34. The minimum Gasteiger partial charge on any atom is -0.494 e. The molecule has 0 fully saturated rings. The number of hydrogen-bond acceptors (Lipinski definition) is 5. The van der Waals surface area contributed by atoms with Crippen molar-refractivity contribution in [3.05, 3.63) is 88.3 Å². The van der Waals surface area contributed by atoms with Gasteiger partial charge < -0.3 is 14.8 Å². The first-order chi connectivity index (χ1) is 15.1. The van der Waals surface area contributed by atoms with E-state index < -0.39 is 11.9 Å². The van der Waals surface area contributed by atoms with E-state index in [1.54, 1.807) is 0 Å². The first kappa shape index (κ1) is 20.9. The van der Waals surface area contributed by atoms with Crippen molar-refractivity contribution in [3.8, 4) is 5.75 Å². The van der Waals surface area contributed by atoms with E-state index >= 15 is 0 Å². The highest BCUT2D eigenvalue weighted by atomic mass is 16.5. The van der Waals surface area contributed by atoms with Gasteiger partial charge >= 0.3 is 5.97 Å². The molecule has 1 atom stereocenters. The van der Waals surface area contributed by atoms with E-state index in [-0.39, 0.29) is 12.4 Å². The van der Waals surface area contributed by atoms with Gasteiger partial charge in [0.25, 0.3) is 0 Å². The zero-order chi connectivity index (χ0) is 21.8. The fraction of sp³-hybridized carbons (Fsp3) is 0.308. The van der Waals surface area contributed by atoms with Crippen molar-refractivity contribution >= 4 is 11.8 Å². The first-order valence-electron chi connectivity index (χ1n) is 10.8. The predicted molar refractivity (Wildman–Crippen MR) is 118 cm³/mol. The van der Waals surface area contributed by atoms with Crippen LogP contribution in [0.5, 0.6) is 5.75 Å². The molecule has 1 N–H and O–H groups in total. The topological polar surface area (TPSA) is 64.6 Å².